The molecular weight excluding hydrogens is 234 g/mol. The van der Waals surface area contributed by atoms with E-state index in [1.807, 2.05) is 0 Å². The van der Waals surface area contributed by atoms with E-state index in [2.05, 4.69) is 29.2 Å². The maximum atomic E-state index is 3.67. The van der Waals surface area contributed by atoms with Crippen molar-refractivity contribution in [1.29, 1.82) is 0 Å². The van der Waals surface area contributed by atoms with Crippen molar-refractivity contribution in [3.63, 3.8) is 0 Å². The lowest BCUT2D eigenvalue weighted by Gasteiger charge is -2.33. The van der Waals surface area contributed by atoms with Crippen molar-refractivity contribution in [3.05, 3.63) is 0 Å². The maximum absolute atomic E-state index is 3.67. The second-order valence-corrected chi connectivity index (χ2v) is 6.90. The second kappa shape index (κ2) is 8.23. The topological polar surface area (TPSA) is 18.5 Å². The summed E-state index contributed by atoms with van der Waals surface area (Å²) in [5.74, 6) is 1.91. The van der Waals surface area contributed by atoms with Crippen molar-refractivity contribution in [2.24, 2.45) is 11.8 Å². The predicted molar refractivity (Wildman–Crippen MR) is 82.5 cm³/mol. The molecule has 1 aliphatic carbocycles. The summed E-state index contributed by atoms with van der Waals surface area (Å²) in [4.78, 5) is 4.98. The van der Waals surface area contributed by atoms with Gasteiger partial charge < -0.3 is 15.1 Å². The largest absolute Gasteiger partial charge is 0.315 e. The van der Waals surface area contributed by atoms with Gasteiger partial charge in [0.1, 0.15) is 0 Å². The molecule has 0 amide bonds. The molecular formula is C16H33N3. The molecule has 0 spiro atoms. The smallest absolute Gasteiger partial charge is 0.0107 e. The number of nitrogens with one attached hydrogen (secondary N) is 1. The highest BCUT2D eigenvalue weighted by atomic mass is 15.1. The zero-order chi connectivity index (χ0) is 13.5. The number of nitrogens with zero attached hydrogens (tertiary/aromatic N) is 2. The van der Waals surface area contributed by atoms with Gasteiger partial charge in [-0.3, -0.25) is 0 Å². The minimum Gasteiger partial charge on any atom is -0.315 e. The molecule has 0 radical (unpaired) electrons. The van der Waals surface area contributed by atoms with Crippen LogP contribution in [0.1, 0.15) is 38.5 Å². The molecule has 19 heavy (non-hydrogen) atoms. The highest BCUT2D eigenvalue weighted by Gasteiger charge is 2.19. The molecule has 3 nitrogen and oxygen atoms in total. The number of hydrogen-bond donors (Lipinski definition) is 1. The van der Waals surface area contributed by atoms with Crippen LogP contribution >= 0.6 is 0 Å². The summed E-state index contributed by atoms with van der Waals surface area (Å²) < 4.78 is 0. The van der Waals surface area contributed by atoms with Gasteiger partial charge in [-0.2, -0.15) is 0 Å². The van der Waals surface area contributed by atoms with Crippen LogP contribution in [-0.4, -0.2) is 63.2 Å². The highest BCUT2D eigenvalue weighted by Crippen LogP contribution is 2.23. The van der Waals surface area contributed by atoms with Gasteiger partial charge in [-0.05, 0) is 71.2 Å². The molecule has 1 saturated heterocycles. The Kier molecular flexibility index (Phi) is 6.62. The van der Waals surface area contributed by atoms with Crippen LogP contribution in [0.4, 0.5) is 0 Å². The molecule has 0 atom stereocenters. The predicted octanol–water partition coefficient (Wildman–Crippen LogP) is 2.04. The van der Waals surface area contributed by atoms with Gasteiger partial charge >= 0.3 is 0 Å². The fraction of sp³-hybridized carbons (Fsp3) is 1.00. The molecule has 112 valence electrons. The van der Waals surface area contributed by atoms with Crippen LogP contribution < -0.4 is 5.32 Å². The SMILES string of the molecule is CN(C)CC1CCN(CCNCC2CCCC2)CC1. The highest BCUT2D eigenvalue weighted by molar-refractivity contribution is 4.75. The summed E-state index contributed by atoms with van der Waals surface area (Å²) in [6, 6.07) is 0. The fourth-order valence-corrected chi connectivity index (χ4v) is 3.67. The normalized spacial score (nSPS) is 23.5. The van der Waals surface area contributed by atoms with Gasteiger partial charge in [0.25, 0.3) is 0 Å². The number of piperidine rings is 1. The zero-order valence-electron chi connectivity index (χ0n) is 13.0. The van der Waals surface area contributed by atoms with Crippen LogP contribution in [0.2, 0.25) is 0 Å². The molecule has 1 saturated carbocycles. The van der Waals surface area contributed by atoms with E-state index in [-0.39, 0.29) is 0 Å². The first-order chi connectivity index (χ1) is 9.24. The third-order valence-electron chi connectivity index (χ3n) is 4.84. The van der Waals surface area contributed by atoms with E-state index in [1.165, 1.54) is 77.8 Å². The van der Waals surface area contributed by atoms with Crippen LogP contribution in [0.3, 0.4) is 0 Å². The molecule has 0 aromatic rings. The van der Waals surface area contributed by atoms with Crippen molar-refractivity contribution >= 4 is 0 Å². The van der Waals surface area contributed by atoms with Gasteiger partial charge in [0.15, 0.2) is 0 Å². The molecule has 1 N–H and O–H groups in total. The third-order valence-corrected chi connectivity index (χ3v) is 4.84. The van der Waals surface area contributed by atoms with E-state index in [0.717, 1.165) is 11.8 Å². The lowest BCUT2D eigenvalue weighted by atomic mass is 9.96. The fourth-order valence-electron chi connectivity index (χ4n) is 3.67. The van der Waals surface area contributed by atoms with E-state index in [9.17, 15) is 0 Å². The Morgan fingerprint density at radius 3 is 2.32 bits per heavy atom. The van der Waals surface area contributed by atoms with Crippen LogP contribution in [0.25, 0.3) is 0 Å². The Labute approximate surface area is 119 Å². The Morgan fingerprint density at radius 1 is 1.00 bits per heavy atom. The lowest BCUT2D eigenvalue weighted by Crippen LogP contribution is -2.40. The van der Waals surface area contributed by atoms with Crippen LogP contribution in [0.5, 0.6) is 0 Å². The molecule has 2 fully saturated rings. The van der Waals surface area contributed by atoms with Crippen molar-refractivity contribution in [1.82, 2.24) is 15.1 Å². The van der Waals surface area contributed by atoms with Crippen LogP contribution in [-0.2, 0) is 0 Å². The van der Waals surface area contributed by atoms with E-state index >= 15 is 0 Å². The van der Waals surface area contributed by atoms with Gasteiger partial charge in [0, 0.05) is 19.6 Å². The molecule has 0 aromatic carbocycles. The van der Waals surface area contributed by atoms with Crippen molar-refractivity contribution < 1.29 is 0 Å². The molecule has 0 unspecified atom stereocenters. The van der Waals surface area contributed by atoms with Gasteiger partial charge in [-0.1, -0.05) is 12.8 Å². The van der Waals surface area contributed by atoms with Gasteiger partial charge in [-0.25, -0.2) is 0 Å². The summed E-state index contributed by atoms with van der Waals surface area (Å²) in [7, 11) is 4.39. The van der Waals surface area contributed by atoms with Crippen molar-refractivity contribution in [2.45, 2.75) is 38.5 Å². The van der Waals surface area contributed by atoms with E-state index in [1.54, 1.807) is 0 Å². The van der Waals surface area contributed by atoms with Crippen molar-refractivity contribution in [2.75, 3.05) is 53.4 Å². The first kappa shape index (κ1) is 15.3. The quantitative estimate of drug-likeness (QED) is 0.712. The van der Waals surface area contributed by atoms with Crippen LogP contribution in [0.15, 0.2) is 0 Å². The van der Waals surface area contributed by atoms with E-state index in [4.69, 9.17) is 0 Å². The Balaban J connectivity index is 1.48. The summed E-state index contributed by atoms with van der Waals surface area (Å²) in [5.41, 5.74) is 0. The summed E-state index contributed by atoms with van der Waals surface area (Å²) in [6.07, 6.45) is 8.63. The standard InChI is InChI=1S/C16H33N3/c1-18(2)14-16-7-10-19(11-8-16)12-9-17-13-15-5-3-4-6-15/h15-17H,3-14H2,1-2H3. The second-order valence-electron chi connectivity index (χ2n) is 6.90. The number of hydrogen-bond acceptors (Lipinski definition) is 3. The summed E-state index contributed by atoms with van der Waals surface area (Å²) in [6.45, 7) is 7.59. The zero-order valence-corrected chi connectivity index (χ0v) is 13.0. The minimum atomic E-state index is 0.928. The lowest BCUT2D eigenvalue weighted by molar-refractivity contribution is 0.163. The first-order valence-electron chi connectivity index (χ1n) is 8.32. The Morgan fingerprint density at radius 2 is 1.68 bits per heavy atom. The van der Waals surface area contributed by atoms with Gasteiger partial charge in [0.2, 0.25) is 0 Å². The monoisotopic (exact) mass is 267 g/mol. The van der Waals surface area contributed by atoms with Crippen LogP contribution in [0, 0.1) is 11.8 Å². The number of likely N-dealkylation sites (tertiary alicyclic amines) is 1. The third kappa shape index (κ3) is 5.80. The molecule has 2 aliphatic rings. The molecule has 0 aromatic heterocycles. The van der Waals surface area contributed by atoms with Gasteiger partial charge in [0.05, 0.1) is 0 Å². The maximum Gasteiger partial charge on any atom is 0.0107 e. The summed E-state index contributed by atoms with van der Waals surface area (Å²) in [5, 5.41) is 3.67. The summed E-state index contributed by atoms with van der Waals surface area (Å²) >= 11 is 0. The minimum absolute atomic E-state index is 0.928. The Bertz CT molecular complexity index is 228. The molecule has 2 rings (SSSR count). The average Bonchev–Trinajstić information content (AvgIpc) is 2.89. The van der Waals surface area contributed by atoms with Gasteiger partial charge in [-0.15, -0.1) is 0 Å². The molecule has 1 heterocycles. The number of rotatable bonds is 7. The average molecular weight is 267 g/mol. The Hall–Kier alpha value is -0.120. The molecule has 0 bridgehead atoms. The first-order valence-corrected chi connectivity index (χ1v) is 8.32. The van der Waals surface area contributed by atoms with E-state index < -0.39 is 0 Å². The van der Waals surface area contributed by atoms with E-state index in [0.29, 0.717) is 0 Å². The van der Waals surface area contributed by atoms with Crippen molar-refractivity contribution in [3.8, 4) is 0 Å². The molecule has 3 heteroatoms. The molecule has 1 aliphatic heterocycles.